The number of rotatable bonds is 3. The Kier molecular flexibility index (Phi) is 4.42. The van der Waals surface area contributed by atoms with Crippen molar-refractivity contribution < 1.29 is 8.42 Å². The topological polar surface area (TPSA) is 49.4 Å². The first-order valence-electron chi connectivity index (χ1n) is 6.02. The maximum Gasteiger partial charge on any atom is 0.253 e. The first kappa shape index (κ1) is 14.0. The first-order valence-corrected chi connectivity index (χ1v) is 8.30. The molecule has 0 aromatic heterocycles. The van der Waals surface area contributed by atoms with Crippen LogP contribution >= 0.6 is 15.9 Å². The van der Waals surface area contributed by atoms with Gasteiger partial charge in [-0.25, -0.2) is 13.4 Å². The van der Waals surface area contributed by atoms with Crippen LogP contribution in [0.5, 0.6) is 0 Å². The van der Waals surface area contributed by atoms with Crippen LogP contribution in [-0.4, -0.2) is 26.5 Å². The number of aryl methyl sites for hydroxylation is 1. The van der Waals surface area contributed by atoms with Gasteiger partial charge in [-0.15, -0.1) is 4.83 Å². The van der Waals surface area contributed by atoms with Crippen molar-refractivity contribution in [2.24, 2.45) is 0 Å². The second-order valence-corrected chi connectivity index (χ2v) is 7.10. The van der Waals surface area contributed by atoms with E-state index in [0.29, 0.717) is 4.90 Å². The number of benzene rings is 1. The van der Waals surface area contributed by atoms with Gasteiger partial charge in [0.15, 0.2) is 0 Å². The maximum atomic E-state index is 12.3. The second kappa shape index (κ2) is 5.69. The monoisotopic (exact) mass is 332 g/mol. The van der Waals surface area contributed by atoms with Gasteiger partial charge in [-0.2, -0.15) is 0 Å². The van der Waals surface area contributed by atoms with E-state index in [2.05, 4.69) is 20.8 Å². The van der Waals surface area contributed by atoms with Gasteiger partial charge in [-0.3, -0.25) is 0 Å². The predicted molar refractivity (Wildman–Crippen MR) is 74.6 cm³/mol. The Morgan fingerprint density at radius 2 is 1.89 bits per heavy atom. The standard InChI is InChI=1S/C12H17BrN2O2S/c1-10-5-6-11(13)9-12(10)18(16,17)14-15-7-3-2-4-8-15/h5-6,9,14H,2-4,7-8H2,1H3. The van der Waals surface area contributed by atoms with Crippen molar-refractivity contribution in [2.45, 2.75) is 31.1 Å². The fourth-order valence-corrected chi connectivity index (χ4v) is 3.98. The van der Waals surface area contributed by atoms with E-state index in [-0.39, 0.29) is 0 Å². The van der Waals surface area contributed by atoms with Crippen molar-refractivity contribution in [3.8, 4) is 0 Å². The number of hydrogen-bond acceptors (Lipinski definition) is 3. The number of nitrogens with one attached hydrogen (secondary N) is 1. The van der Waals surface area contributed by atoms with Crippen LogP contribution in [0.25, 0.3) is 0 Å². The van der Waals surface area contributed by atoms with E-state index in [4.69, 9.17) is 0 Å². The van der Waals surface area contributed by atoms with Crippen LogP contribution in [0.3, 0.4) is 0 Å². The number of halogens is 1. The predicted octanol–water partition coefficient (Wildman–Crippen LogP) is 2.44. The molecule has 2 rings (SSSR count). The van der Waals surface area contributed by atoms with E-state index in [1.165, 1.54) is 6.42 Å². The fourth-order valence-electron chi connectivity index (χ4n) is 2.07. The number of hydrazine groups is 1. The summed E-state index contributed by atoms with van der Waals surface area (Å²) in [6.07, 6.45) is 3.26. The molecular formula is C12H17BrN2O2S. The lowest BCUT2D eigenvalue weighted by atomic mass is 10.2. The quantitative estimate of drug-likeness (QED) is 0.924. The van der Waals surface area contributed by atoms with E-state index >= 15 is 0 Å². The molecule has 1 aliphatic heterocycles. The van der Waals surface area contributed by atoms with Crippen LogP contribution < -0.4 is 4.83 Å². The van der Waals surface area contributed by atoms with Gasteiger partial charge in [0.1, 0.15) is 0 Å². The van der Waals surface area contributed by atoms with E-state index in [9.17, 15) is 8.42 Å². The molecule has 0 saturated carbocycles. The SMILES string of the molecule is Cc1ccc(Br)cc1S(=O)(=O)NN1CCCCC1. The third-order valence-electron chi connectivity index (χ3n) is 3.05. The van der Waals surface area contributed by atoms with E-state index in [0.717, 1.165) is 36.0 Å². The first-order chi connectivity index (χ1) is 8.49. The summed E-state index contributed by atoms with van der Waals surface area (Å²) in [5.74, 6) is 0. The number of sulfonamides is 1. The normalized spacial score (nSPS) is 17.9. The highest BCUT2D eigenvalue weighted by molar-refractivity contribution is 9.10. The lowest BCUT2D eigenvalue weighted by Crippen LogP contribution is -2.45. The van der Waals surface area contributed by atoms with Crippen LogP contribution in [0.4, 0.5) is 0 Å². The van der Waals surface area contributed by atoms with Gasteiger partial charge in [0.05, 0.1) is 4.90 Å². The zero-order valence-corrected chi connectivity index (χ0v) is 12.7. The van der Waals surface area contributed by atoms with Crippen molar-refractivity contribution in [1.82, 2.24) is 9.84 Å². The molecule has 0 atom stereocenters. The molecule has 18 heavy (non-hydrogen) atoms. The Morgan fingerprint density at radius 1 is 1.22 bits per heavy atom. The lowest BCUT2D eigenvalue weighted by molar-refractivity contribution is 0.200. The molecule has 0 aliphatic carbocycles. The molecule has 1 aromatic rings. The molecule has 0 amide bonds. The zero-order chi connectivity index (χ0) is 13.2. The second-order valence-electron chi connectivity index (χ2n) is 4.55. The van der Waals surface area contributed by atoms with Crippen LogP contribution in [0.1, 0.15) is 24.8 Å². The molecule has 6 heteroatoms. The number of hydrogen-bond donors (Lipinski definition) is 1. The molecule has 1 aromatic carbocycles. The highest BCUT2D eigenvalue weighted by Crippen LogP contribution is 2.21. The van der Waals surface area contributed by atoms with Gasteiger partial charge in [-0.1, -0.05) is 28.4 Å². The summed E-state index contributed by atoms with van der Waals surface area (Å²) < 4.78 is 25.4. The van der Waals surface area contributed by atoms with Crippen molar-refractivity contribution in [2.75, 3.05) is 13.1 Å². The molecule has 100 valence electrons. The van der Waals surface area contributed by atoms with Crippen LogP contribution in [-0.2, 0) is 10.0 Å². The van der Waals surface area contributed by atoms with E-state index in [1.807, 2.05) is 6.07 Å². The van der Waals surface area contributed by atoms with Crippen LogP contribution in [0, 0.1) is 6.92 Å². The van der Waals surface area contributed by atoms with Gasteiger partial charge in [0.2, 0.25) is 0 Å². The Morgan fingerprint density at radius 3 is 2.56 bits per heavy atom. The third kappa shape index (κ3) is 3.32. The smallest absolute Gasteiger partial charge is 0.230 e. The average Bonchev–Trinajstić information content (AvgIpc) is 2.33. The summed E-state index contributed by atoms with van der Waals surface area (Å²) in [6, 6.07) is 5.28. The highest BCUT2D eigenvalue weighted by atomic mass is 79.9. The van der Waals surface area contributed by atoms with Crippen molar-refractivity contribution in [3.05, 3.63) is 28.2 Å². The largest absolute Gasteiger partial charge is 0.253 e. The van der Waals surface area contributed by atoms with Gasteiger partial charge >= 0.3 is 0 Å². The van der Waals surface area contributed by atoms with Gasteiger partial charge in [0, 0.05) is 17.6 Å². The summed E-state index contributed by atoms with van der Waals surface area (Å²) in [4.78, 5) is 3.00. The Labute approximate surface area is 117 Å². The minimum absolute atomic E-state index is 0.336. The van der Waals surface area contributed by atoms with Crippen LogP contribution in [0.15, 0.2) is 27.6 Å². The van der Waals surface area contributed by atoms with Gasteiger partial charge < -0.3 is 0 Å². The number of nitrogens with zero attached hydrogens (tertiary/aromatic N) is 1. The molecule has 1 N–H and O–H groups in total. The molecule has 1 aliphatic rings. The number of piperidine rings is 1. The zero-order valence-electron chi connectivity index (χ0n) is 10.3. The Balaban J connectivity index is 2.21. The van der Waals surface area contributed by atoms with Gasteiger partial charge in [0.25, 0.3) is 10.0 Å². The molecule has 0 spiro atoms. The minimum atomic E-state index is -3.47. The molecule has 0 unspecified atom stereocenters. The summed E-state index contributed by atoms with van der Waals surface area (Å²) in [5.41, 5.74) is 0.753. The third-order valence-corrected chi connectivity index (χ3v) is 5.06. The lowest BCUT2D eigenvalue weighted by Gasteiger charge is -2.26. The minimum Gasteiger partial charge on any atom is -0.230 e. The van der Waals surface area contributed by atoms with Crippen molar-refractivity contribution in [3.63, 3.8) is 0 Å². The van der Waals surface area contributed by atoms with Gasteiger partial charge in [-0.05, 0) is 37.5 Å². The average molecular weight is 333 g/mol. The molecule has 1 heterocycles. The Bertz CT molecular complexity index is 525. The van der Waals surface area contributed by atoms with E-state index < -0.39 is 10.0 Å². The van der Waals surface area contributed by atoms with E-state index in [1.54, 1.807) is 24.1 Å². The van der Waals surface area contributed by atoms with Crippen molar-refractivity contribution in [1.29, 1.82) is 0 Å². The summed E-state index contributed by atoms with van der Waals surface area (Å²) in [6.45, 7) is 3.37. The Hall–Kier alpha value is -0.430. The molecule has 4 nitrogen and oxygen atoms in total. The highest BCUT2D eigenvalue weighted by Gasteiger charge is 2.21. The molecular weight excluding hydrogens is 316 g/mol. The van der Waals surface area contributed by atoms with Crippen molar-refractivity contribution >= 4 is 26.0 Å². The summed E-state index contributed by atoms with van der Waals surface area (Å²) in [7, 11) is -3.47. The summed E-state index contributed by atoms with van der Waals surface area (Å²) >= 11 is 3.31. The molecule has 0 radical (unpaired) electrons. The molecule has 0 bridgehead atoms. The fraction of sp³-hybridized carbons (Fsp3) is 0.500. The molecule has 1 fully saturated rings. The maximum absolute atomic E-state index is 12.3. The van der Waals surface area contributed by atoms with Crippen LogP contribution in [0.2, 0.25) is 0 Å². The summed E-state index contributed by atoms with van der Waals surface area (Å²) in [5, 5.41) is 1.79. The molecule has 1 saturated heterocycles.